The summed E-state index contributed by atoms with van der Waals surface area (Å²) in [6, 6.07) is 10.1. The minimum absolute atomic E-state index is 0.0410. The van der Waals surface area contributed by atoms with Gasteiger partial charge in [0.15, 0.2) is 0 Å². The number of amides is 1. The Labute approximate surface area is 124 Å². The van der Waals surface area contributed by atoms with E-state index in [2.05, 4.69) is 15.9 Å². The number of rotatable bonds is 2. The topological polar surface area (TPSA) is 46.3 Å². The Hall–Kier alpha value is -1.88. The summed E-state index contributed by atoms with van der Waals surface area (Å²) < 4.78 is 14.5. The number of anilines is 2. The first-order valence-electron chi connectivity index (χ1n) is 6.18. The molecule has 0 aromatic heterocycles. The molecule has 102 valence electrons. The van der Waals surface area contributed by atoms with Gasteiger partial charge in [-0.3, -0.25) is 4.79 Å². The van der Waals surface area contributed by atoms with Crippen molar-refractivity contribution in [2.45, 2.75) is 13.0 Å². The smallest absolute Gasteiger partial charge is 0.231 e. The Morgan fingerprint density at radius 2 is 2.05 bits per heavy atom. The first-order chi connectivity index (χ1) is 9.56. The van der Waals surface area contributed by atoms with Crippen molar-refractivity contribution in [3.63, 3.8) is 0 Å². The highest BCUT2D eigenvalue weighted by Crippen LogP contribution is 2.36. The number of hydrogen-bond donors (Lipinski definition) is 1. The lowest BCUT2D eigenvalue weighted by Crippen LogP contribution is -2.26. The molecule has 3 rings (SSSR count). The Morgan fingerprint density at radius 3 is 2.80 bits per heavy atom. The number of benzene rings is 2. The zero-order valence-electron chi connectivity index (χ0n) is 10.6. The van der Waals surface area contributed by atoms with Gasteiger partial charge in [-0.2, -0.15) is 0 Å². The van der Waals surface area contributed by atoms with Crippen molar-refractivity contribution >= 4 is 33.2 Å². The Balaban J connectivity index is 1.99. The number of halogens is 2. The highest BCUT2D eigenvalue weighted by atomic mass is 79.9. The van der Waals surface area contributed by atoms with E-state index in [-0.39, 0.29) is 18.3 Å². The summed E-state index contributed by atoms with van der Waals surface area (Å²) in [5.74, 6) is -0.348. The van der Waals surface area contributed by atoms with Gasteiger partial charge < -0.3 is 10.6 Å². The molecular formula is C15H12BrFN2O. The molecule has 1 heterocycles. The number of hydrogen-bond acceptors (Lipinski definition) is 2. The van der Waals surface area contributed by atoms with Gasteiger partial charge >= 0.3 is 0 Å². The summed E-state index contributed by atoms with van der Waals surface area (Å²) in [5.41, 5.74) is 8.60. The third-order valence-electron chi connectivity index (χ3n) is 3.42. The molecular weight excluding hydrogens is 323 g/mol. The van der Waals surface area contributed by atoms with Gasteiger partial charge in [-0.25, -0.2) is 4.39 Å². The van der Waals surface area contributed by atoms with Crippen molar-refractivity contribution < 1.29 is 9.18 Å². The van der Waals surface area contributed by atoms with Crippen LogP contribution >= 0.6 is 15.9 Å². The zero-order chi connectivity index (χ0) is 14.3. The van der Waals surface area contributed by atoms with Crippen molar-refractivity contribution in [1.82, 2.24) is 0 Å². The second kappa shape index (κ2) is 4.90. The second-order valence-electron chi connectivity index (χ2n) is 4.75. The molecule has 0 saturated carbocycles. The largest absolute Gasteiger partial charge is 0.398 e. The molecule has 0 atom stereocenters. The average molecular weight is 335 g/mol. The van der Waals surface area contributed by atoms with E-state index in [0.717, 1.165) is 15.7 Å². The van der Waals surface area contributed by atoms with E-state index in [0.29, 0.717) is 17.7 Å². The maximum Gasteiger partial charge on any atom is 0.231 e. The van der Waals surface area contributed by atoms with E-state index in [1.807, 2.05) is 6.07 Å². The molecule has 0 unspecified atom stereocenters. The van der Waals surface area contributed by atoms with Gasteiger partial charge in [-0.1, -0.05) is 18.2 Å². The van der Waals surface area contributed by atoms with Gasteiger partial charge in [0.05, 0.1) is 13.0 Å². The normalized spacial score (nSPS) is 13.7. The quantitative estimate of drug-likeness (QED) is 0.857. The van der Waals surface area contributed by atoms with Crippen LogP contribution in [0.25, 0.3) is 0 Å². The van der Waals surface area contributed by atoms with Gasteiger partial charge in [-0.15, -0.1) is 0 Å². The predicted octanol–water partition coefficient (Wildman–Crippen LogP) is 3.26. The molecule has 20 heavy (non-hydrogen) atoms. The molecule has 2 aromatic carbocycles. The first kappa shape index (κ1) is 13.1. The Morgan fingerprint density at radius 1 is 1.30 bits per heavy atom. The standard InChI is InChI=1S/C15H12BrFN2O/c16-11-5-10-6-15(20)19(14(10)7-13(11)18)8-9-3-1-2-4-12(9)17/h1-5,7H,6,8,18H2. The van der Waals surface area contributed by atoms with E-state index >= 15 is 0 Å². The van der Waals surface area contributed by atoms with E-state index in [4.69, 9.17) is 5.73 Å². The molecule has 0 bridgehead atoms. The van der Waals surface area contributed by atoms with E-state index in [1.54, 1.807) is 29.2 Å². The molecule has 0 radical (unpaired) electrons. The van der Waals surface area contributed by atoms with E-state index in [9.17, 15) is 9.18 Å². The number of fused-ring (bicyclic) bond motifs is 1. The van der Waals surface area contributed by atoms with Crippen LogP contribution in [0.1, 0.15) is 11.1 Å². The molecule has 0 saturated heterocycles. The van der Waals surface area contributed by atoms with Crippen molar-refractivity contribution in [2.24, 2.45) is 0 Å². The number of carbonyl (C=O) groups is 1. The van der Waals surface area contributed by atoms with Crippen LogP contribution in [0.3, 0.4) is 0 Å². The fraction of sp³-hybridized carbons (Fsp3) is 0.133. The minimum Gasteiger partial charge on any atom is -0.398 e. The van der Waals surface area contributed by atoms with Gasteiger partial charge in [0.25, 0.3) is 0 Å². The van der Waals surface area contributed by atoms with Crippen LogP contribution < -0.4 is 10.6 Å². The fourth-order valence-corrected chi connectivity index (χ4v) is 2.77. The van der Waals surface area contributed by atoms with Crippen LogP contribution in [-0.4, -0.2) is 5.91 Å². The Bertz CT molecular complexity index is 702. The lowest BCUT2D eigenvalue weighted by atomic mass is 10.1. The molecule has 5 heteroatoms. The van der Waals surface area contributed by atoms with Gasteiger partial charge in [0, 0.05) is 21.4 Å². The second-order valence-corrected chi connectivity index (χ2v) is 5.60. The number of nitrogens with zero attached hydrogens (tertiary/aromatic N) is 1. The highest BCUT2D eigenvalue weighted by Gasteiger charge is 2.28. The summed E-state index contributed by atoms with van der Waals surface area (Å²) >= 11 is 3.35. The third kappa shape index (κ3) is 2.18. The van der Waals surface area contributed by atoms with Crippen molar-refractivity contribution in [3.05, 3.63) is 57.8 Å². The summed E-state index contributed by atoms with van der Waals surface area (Å²) in [7, 11) is 0. The maximum absolute atomic E-state index is 13.7. The monoisotopic (exact) mass is 334 g/mol. The lowest BCUT2D eigenvalue weighted by molar-refractivity contribution is -0.117. The molecule has 3 nitrogen and oxygen atoms in total. The maximum atomic E-state index is 13.7. The van der Waals surface area contributed by atoms with Crippen LogP contribution in [0.15, 0.2) is 40.9 Å². The minimum atomic E-state index is -0.307. The molecule has 2 N–H and O–H groups in total. The van der Waals surface area contributed by atoms with Gasteiger partial charge in [0.1, 0.15) is 5.82 Å². The summed E-state index contributed by atoms with van der Waals surface area (Å²) in [6.45, 7) is 0.222. The van der Waals surface area contributed by atoms with E-state index in [1.165, 1.54) is 6.07 Å². The molecule has 1 aliphatic heterocycles. The molecule has 0 fully saturated rings. The highest BCUT2D eigenvalue weighted by molar-refractivity contribution is 9.10. The van der Waals surface area contributed by atoms with Gasteiger partial charge in [0.2, 0.25) is 5.91 Å². The molecule has 1 aliphatic rings. The lowest BCUT2D eigenvalue weighted by Gasteiger charge is -2.18. The summed E-state index contributed by atoms with van der Waals surface area (Å²) in [5, 5.41) is 0. The third-order valence-corrected chi connectivity index (χ3v) is 4.10. The van der Waals surface area contributed by atoms with Gasteiger partial charge in [-0.05, 0) is 39.7 Å². The van der Waals surface area contributed by atoms with E-state index < -0.39 is 0 Å². The molecule has 0 aliphatic carbocycles. The van der Waals surface area contributed by atoms with Crippen LogP contribution in [0, 0.1) is 5.82 Å². The van der Waals surface area contributed by atoms with Crippen molar-refractivity contribution in [3.8, 4) is 0 Å². The van der Waals surface area contributed by atoms with Crippen LogP contribution in [0.4, 0.5) is 15.8 Å². The van der Waals surface area contributed by atoms with Crippen LogP contribution in [-0.2, 0) is 17.8 Å². The molecule has 1 amide bonds. The fourth-order valence-electron chi connectivity index (χ4n) is 2.38. The first-order valence-corrected chi connectivity index (χ1v) is 6.97. The molecule has 2 aromatic rings. The molecule has 0 spiro atoms. The van der Waals surface area contributed by atoms with Crippen LogP contribution in [0.2, 0.25) is 0 Å². The number of carbonyl (C=O) groups excluding carboxylic acids is 1. The Kier molecular flexibility index (Phi) is 3.22. The van der Waals surface area contributed by atoms with Crippen LogP contribution in [0.5, 0.6) is 0 Å². The number of nitrogens with two attached hydrogens (primary N) is 1. The van der Waals surface area contributed by atoms with Crippen molar-refractivity contribution in [2.75, 3.05) is 10.6 Å². The summed E-state index contributed by atoms with van der Waals surface area (Å²) in [6.07, 6.45) is 0.322. The van der Waals surface area contributed by atoms with Crippen molar-refractivity contribution in [1.29, 1.82) is 0 Å². The SMILES string of the molecule is Nc1cc2c(cc1Br)CC(=O)N2Cc1ccccc1F. The number of nitrogen functional groups attached to an aromatic ring is 1. The predicted molar refractivity (Wildman–Crippen MR) is 79.8 cm³/mol. The summed E-state index contributed by atoms with van der Waals surface area (Å²) in [4.78, 5) is 13.7. The average Bonchev–Trinajstić information content (AvgIpc) is 2.69. The zero-order valence-corrected chi connectivity index (χ0v) is 12.2.